The number of thiazole rings is 1. The van der Waals surface area contributed by atoms with Crippen LogP contribution in [0.4, 0.5) is 9.18 Å². The van der Waals surface area contributed by atoms with Crippen LogP contribution in [0.25, 0.3) is 6.08 Å². The van der Waals surface area contributed by atoms with Crippen molar-refractivity contribution in [3.05, 3.63) is 56.9 Å². The maximum Gasteiger partial charge on any atom is 0.414 e. The number of hydrogen-bond donors (Lipinski definition) is 0. The van der Waals surface area contributed by atoms with Gasteiger partial charge in [0.1, 0.15) is 12.4 Å². The molecule has 3 rings (SSSR count). The monoisotopic (exact) mass is 324 g/mol. The molecule has 2 heterocycles. The van der Waals surface area contributed by atoms with Gasteiger partial charge in [-0.25, -0.2) is 14.2 Å². The minimum absolute atomic E-state index is 0.162. The average Bonchev–Trinajstić information content (AvgIpc) is 2.95. The summed E-state index contributed by atoms with van der Waals surface area (Å²) in [5.41, 5.74) is 2.84. The number of benzene rings is 1. The van der Waals surface area contributed by atoms with Crippen molar-refractivity contribution in [3.8, 4) is 0 Å². The van der Waals surface area contributed by atoms with Gasteiger partial charge in [-0.3, -0.25) is 4.90 Å². The van der Waals surface area contributed by atoms with E-state index in [2.05, 4.69) is 4.98 Å². The van der Waals surface area contributed by atoms with Gasteiger partial charge in [-0.15, -0.1) is 11.3 Å². The minimum Gasteiger partial charge on any atom is -0.444 e. The second-order valence-corrected chi connectivity index (χ2v) is 5.77. The van der Waals surface area contributed by atoms with Gasteiger partial charge in [-0.1, -0.05) is 11.6 Å². The highest BCUT2D eigenvalue weighted by Crippen LogP contribution is 2.23. The predicted molar refractivity (Wildman–Crippen MR) is 78.3 cm³/mol. The van der Waals surface area contributed by atoms with Crippen molar-refractivity contribution in [2.24, 2.45) is 0 Å². The Labute approximate surface area is 129 Å². The fourth-order valence-electron chi connectivity index (χ4n) is 1.90. The Morgan fingerprint density at radius 1 is 1.52 bits per heavy atom. The van der Waals surface area contributed by atoms with E-state index in [0.29, 0.717) is 11.6 Å². The fourth-order valence-corrected chi connectivity index (χ4v) is 2.85. The van der Waals surface area contributed by atoms with Crippen molar-refractivity contribution in [2.45, 2.75) is 13.2 Å². The lowest BCUT2D eigenvalue weighted by Gasteiger charge is -2.20. The third kappa shape index (κ3) is 3.06. The van der Waals surface area contributed by atoms with Gasteiger partial charge in [0.05, 0.1) is 22.6 Å². The maximum absolute atomic E-state index is 13.5. The number of rotatable bonds is 2. The Morgan fingerprint density at radius 3 is 3.24 bits per heavy atom. The van der Waals surface area contributed by atoms with E-state index in [1.54, 1.807) is 17.8 Å². The van der Waals surface area contributed by atoms with E-state index in [4.69, 9.17) is 16.3 Å². The highest BCUT2D eigenvalue weighted by atomic mass is 35.5. The van der Waals surface area contributed by atoms with E-state index in [1.807, 2.05) is 0 Å². The SMILES string of the molecule is O=C(OCc1cc(Cl)ccc1F)N1C=Cc2ncsc2C1. The van der Waals surface area contributed by atoms with E-state index >= 15 is 0 Å². The van der Waals surface area contributed by atoms with Gasteiger partial charge in [0.15, 0.2) is 0 Å². The topological polar surface area (TPSA) is 42.4 Å². The maximum atomic E-state index is 13.5. The second kappa shape index (κ2) is 5.83. The fraction of sp³-hybridized carbons (Fsp3) is 0.143. The molecule has 1 aromatic heterocycles. The normalized spacial score (nSPS) is 13.1. The van der Waals surface area contributed by atoms with Crippen LogP contribution in [0.15, 0.2) is 29.9 Å². The Balaban J connectivity index is 1.64. The number of ether oxygens (including phenoxy) is 1. The molecule has 108 valence electrons. The summed E-state index contributed by atoms with van der Waals surface area (Å²) in [6, 6.07) is 4.13. The summed E-state index contributed by atoms with van der Waals surface area (Å²) in [5.74, 6) is -0.453. The Hall–Kier alpha value is -1.92. The quantitative estimate of drug-likeness (QED) is 0.836. The second-order valence-electron chi connectivity index (χ2n) is 4.39. The van der Waals surface area contributed by atoms with E-state index in [-0.39, 0.29) is 12.2 Å². The van der Waals surface area contributed by atoms with E-state index < -0.39 is 11.9 Å². The molecule has 0 aliphatic carbocycles. The molecule has 4 nitrogen and oxygen atoms in total. The summed E-state index contributed by atoms with van der Waals surface area (Å²) in [6.07, 6.45) is 2.82. The van der Waals surface area contributed by atoms with E-state index in [0.717, 1.165) is 10.6 Å². The predicted octanol–water partition coefficient (Wildman–Crippen LogP) is 4.06. The van der Waals surface area contributed by atoms with Crippen LogP contribution in [0.1, 0.15) is 16.1 Å². The van der Waals surface area contributed by atoms with Crippen LogP contribution < -0.4 is 0 Å². The van der Waals surface area contributed by atoms with Crippen LogP contribution in [-0.4, -0.2) is 16.0 Å². The molecule has 0 unspecified atom stereocenters. The summed E-state index contributed by atoms with van der Waals surface area (Å²) in [7, 11) is 0. The Kier molecular flexibility index (Phi) is 3.90. The average molecular weight is 325 g/mol. The lowest BCUT2D eigenvalue weighted by atomic mass is 10.2. The van der Waals surface area contributed by atoms with Crippen molar-refractivity contribution < 1.29 is 13.9 Å². The third-order valence-corrected chi connectivity index (χ3v) is 4.06. The molecule has 0 atom stereocenters. The first-order chi connectivity index (χ1) is 10.1. The van der Waals surface area contributed by atoms with E-state index in [9.17, 15) is 9.18 Å². The van der Waals surface area contributed by atoms with Gasteiger partial charge in [0.25, 0.3) is 0 Å². The lowest BCUT2D eigenvalue weighted by Crippen LogP contribution is -2.27. The minimum atomic E-state index is -0.537. The van der Waals surface area contributed by atoms with E-state index in [1.165, 1.54) is 34.4 Å². The first-order valence-electron chi connectivity index (χ1n) is 6.11. The molecule has 0 saturated heterocycles. The molecule has 0 N–H and O–H groups in total. The smallest absolute Gasteiger partial charge is 0.414 e. The molecular weight excluding hydrogens is 315 g/mol. The largest absolute Gasteiger partial charge is 0.444 e. The number of nitrogens with zero attached hydrogens (tertiary/aromatic N) is 2. The molecule has 0 saturated carbocycles. The van der Waals surface area contributed by atoms with Crippen molar-refractivity contribution in [2.75, 3.05) is 0 Å². The standard InChI is InChI=1S/C14H10ClFN2O2S/c15-10-1-2-11(16)9(5-10)7-20-14(19)18-4-3-12-13(6-18)21-8-17-12/h1-5,8H,6-7H2. The van der Waals surface area contributed by atoms with Gasteiger partial charge >= 0.3 is 6.09 Å². The highest BCUT2D eigenvalue weighted by Gasteiger charge is 2.20. The first-order valence-corrected chi connectivity index (χ1v) is 7.37. The third-order valence-electron chi connectivity index (χ3n) is 2.99. The first kappa shape index (κ1) is 14.0. The highest BCUT2D eigenvalue weighted by molar-refractivity contribution is 7.09. The molecule has 1 amide bonds. The number of hydrogen-bond acceptors (Lipinski definition) is 4. The van der Waals surface area contributed by atoms with Gasteiger partial charge in [-0.2, -0.15) is 0 Å². The molecule has 21 heavy (non-hydrogen) atoms. The molecule has 2 aromatic rings. The molecule has 0 bridgehead atoms. The number of carbonyl (C=O) groups excluding carboxylic acids is 1. The molecule has 1 aliphatic heterocycles. The summed E-state index contributed by atoms with van der Waals surface area (Å²) in [5, 5.41) is 0.398. The zero-order valence-electron chi connectivity index (χ0n) is 10.8. The van der Waals surface area contributed by atoms with Gasteiger partial charge in [-0.05, 0) is 24.3 Å². The molecule has 1 aromatic carbocycles. The zero-order chi connectivity index (χ0) is 14.8. The van der Waals surface area contributed by atoms with Gasteiger partial charge in [0, 0.05) is 16.8 Å². The molecule has 0 radical (unpaired) electrons. The Morgan fingerprint density at radius 2 is 2.38 bits per heavy atom. The van der Waals surface area contributed by atoms with Crippen LogP contribution in [-0.2, 0) is 17.9 Å². The van der Waals surface area contributed by atoms with Crippen molar-refractivity contribution in [1.29, 1.82) is 0 Å². The van der Waals surface area contributed by atoms with Crippen LogP contribution in [0.3, 0.4) is 0 Å². The number of halogens is 2. The Bertz CT molecular complexity index is 717. The summed E-state index contributed by atoms with van der Waals surface area (Å²) < 4.78 is 18.6. The number of carbonyl (C=O) groups is 1. The summed E-state index contributed by atoms with van der Waals surface area (Å²) >= 11 is 7.27. The zero-order valence-corrected chi connectivity index (χ0v) is 12.3. The van der Waals surface area contributed by atoms with Crippen LogP contribution in [0.5, 0.6) is 0 Å². The van der Waals surface area contributed by atoms with Gasteiger partial charge < -0.3 is 4.74 Å². The van der Waals surface area contributed by atoms with Crippen molar-refractivity contribution >= 4 is 35.1 Å². The molecule has 1 aliphatic rings. The van der Waals surface area contributed by atoms with Crippen LogP contribution >= 0.6 is 22.9 Å². The summed E-state index contributed by atoms with van der Waals surface area (Å²) in [4.78, 5) is 18.5. The number of fused-ring (bicyclic) bond motifs is 1. The molecule has 0 spiro atoms. The molecular formula is C14H10ClFN2O2S. The van der Waals surface area contributed by atoms with Crippen LogP contribution in [0, 0.1) is 5.82 Å². The van der Waals surface area contributed by atoms with Crippen LogP contribution in [0.2, 0.25) is 5.02 Å². The number of aromatic nitrogens is 1. The van der Waals surface area contributed by atoms with Gasteiger partial charge in [0.2, 0.25) is 0 Å². The van der Waals surface area contributed by atoms with Crippen molar-refractivity contribution in [3.63, 3.8) is 0 Å². The number of amides is 1. The molecule has 0 fully saturated rings. The van der Waals surface area contributed by atoms with Crippen molar-refractivity contribution in [1.82, 2.24) is 9.88 Å². The summed E-state index contributed by atoms with van der Waals surface area (Å²) in [6.45, 7) is 0.248. The lowest BCUT2D eigenvalue weighted by molar-refractivity contribution is 0.108. The molecule has 7 heteroatoms.